The third kappa shape index (κ3) is 18.2. The van der Waals surface area contributed by atoms with E-state index in [-0.39, 0.29) is 24.4 Å². The molecule has 0 bridgehead atoms. The fourth-order valence-corrected chi connectivity index (χ4v) is 1.33. The summed E-state index contributed by atoms with van der Waals surface area (Å²) in [5.74, 6) is 0. The second kappa shape index (κ2) is 7.62. The minimum atomic E-state index is -3.00. The molecule has 0 amide bonds. The molecule has 0 aliphatic rings. The predicted octanol–water partition coefficient (Wildman–Crippen LogP) is -2.73. The Morgan fingerprint density at radius 1 is 1.21 bits per heavy atom. The molecule has 0 saturated carbocycles. The van der Waals surface area contributed by atoms with Crippen LogP contribution in [-0.2, 0) is 10.0 Å². The summed E-state index contributed by atoms with van der Waals surface area (Å²) in [5.41, 5.74) is 0. The minimum absolute atomic E-state index is 0. The van der Waals surface area contributed by atoms with E-state index in [4.69, 9.17) is 0 Å². The predicted molar refractivity (Wildman–Crippen MR) is 57.1 cm³/mol. The molecular weight excluding hydrogens is 268 g/mol. The van der Waals surface area contributed by atoms with Crippen molar-refractivity contribution < 1.29 is 29.9 Å². The van der Waals surface area contributed by atoms with Crippen LogP contribution in [0.3, 0.4) is 0 Å². The third-order valence-corrected chi connectivity index (χ3v) is 2.10. The van der Waals surface area contributed by atoms with Crippen molar-refractivity contribution in [1.29, 1.82) is 0 Å². The number of rotatable bonds is 5. The zero-order valence-corrected chi connectivity index (χ0v) is 11.1. The van der Waals surface area contributed by atoms with Gasteiger partial charge in [0.25, 0.3) is 0 Å². The molecule has 14 heavy (non-hydrogen) atoms. The van der Waals surface area contributed by atoms with Gasteiger partial charge in [-0.3, -0.25) is 0 Å². The standard InChI is InChI=1S/C7H19N2O2S.CH4.BrH/c1-9(2,3)7-5-6-8-12(4,10)11;;/h8H,5-7H2,1-4H3;1H4;1H/q+1;;/p-1. The quantitative estimate of drug-likeness (QED) is 0.442. The van der Waals surface area contributed by atoms with E-state index in [1.54, 1.807) is 0 Å². The topological polar surface area (TPSA) is 46.2 Å². The molecule has 0 fully saturated rings. The van der Waals surface area contributed by atoms with E-state index in [0.717, 1.165) is 17.4 Å². The second-order valence-corrected chi connectivity index (χ2v) is 5.87. The van der Waals surface area contributed by atoms with Crippen molar-refractivity contribution in [2.24, 2.45) is 0 Å². The van der Waals surface area contributed by atoms with Crippen LogP contribution in [0.5, 0.6) is 0 Å². The van der Waals surface area contributed by atoms with Crippen molar-refractivity contribution in [1.82, 2.24) is 4.72 Å². The van der Waals surface area contributed by atoms with Crippen LogP contribution in [0.15, 0.2) is 0 Å². The molecule has 0 spiro atoms. The number of halogens is 1. The van der Waals surface area contributed by atoms with E-state index in [0.29, 0.717) is 6.54 Å². The van der Waals surface area contributed by atoms with Gasteiger partial charge in [-0.1, -0.05) is 7.43 Å². The average Bonchev–Trinajstić information content (AvgIpc) is 1.76. The first-order valence-electron chi connectivity index (χ1n) is 3.96. The molecule has 0 radical (unpaired) electrons. The molecule has 0 aliphatic carbocycles. The summed E-state index contributed by atoms with van der Waals surface area (Å²) in [6, 6.07) is 0. The van der Waals surface area contributed by atoms with Gasteiger partial charge >= 0.3 is 0 Å². The van der Waals surface area contributed by atoms with Crippen LogP contribution in [-0.4, -0.2) is 53.4 Å². The highest BCUT2D eigenvalue weighted by molar-refractivity contribution is 7.88. The summed E-state index contributed by atoms with van der Waals surface area (Å²) in [4.78, 5) is 0. The number of nitrogens with zero attached hydrogens (tertiary/aromatic N) is 1. The molecule has 1 N–H and O–H groups in total. The first-order valence-corrected chi connectivity index (χ1v) is 5.85. The Morgan fingerprint density at radius 2 is 1.64 bits per heavy atom. The monoisotopic (exact) mass is 290 g/mol. The van der Waals surface area contributed by atoms with Crippen LogP contribution in [0.2, 0.25) is 0 Å². The molecule has 0 rings (SSSR count). The van der Waals surface area contributed by atoms with Gasteiger partial charge in [0, 0.05) is 13.0 Å². The number of quaternary nitrogens is 1. The number of sulfonamides is 1. The number of nitrogens with one attached hydrogen (secondary N) is 1. The SMILES string of the molecule is C.C[N+](C)(C)CCCNS(C)(=O)=O.[Br-]. The van der Waals surface area contributed by atoms with Crippen molar-refractivity contribution in [2.75, 3.05) is 40.5 Å². The summed E-state index contributed by atoms with van der Waals surface area (Å²) in [6.07, 6.45) is 2.05. The first kappa shape index (κ1) is 19.9. The molecule has 0 aliphatic heterocycles. The molecule has 90 valence electrons. The van der Waals surface area contributed by atoms with E-state index < -0.39 is 10.0 Å². The molecule has 0 aromatic heterocycles. The summed E-state index contributed by atoms with van der Waals surface area (Å²) < 4.78 is 24.6. The number of hydrogen-bond acceptors (Lipinski definition) is 2. The van der Waals surface area contributed by atoms with Crippen LogP contribution >= 0.6 is 0 Å². The van der Waals surface area contributed by atoms with E-state index in [9.17, 15) is 8.42 Å². The molecule has 0 aromatic rings. The van der Waals surface area contributed by atoms with Gasteiger partial charge in [-0.2, -0.15) is 0 Å². The zero-order chi connectivity index (χ0) is 9.83. The molecular formula is C8H23BrN2O2S. The van der Waals surface area contributed by atoms with Gasteiger partial charge in [-0.05, 0) is 0 Å². The van der Waals surface area contributed by atoms with E-state index in [2.05, 4.69) is 25.9 Å². The van der Waals surface area contributed by atoms with Crippen LogP contribution in [0, 0.1) is 0 Å². The molecule has 0 saturated heterocycles. The van der Waals surface area contributed by atoms with Crippen LogP contribution in [0.4, 0.5) is 0 Å². The fourth-order valence-electron chi connectivity index (χ4n) is 0.811. The van der Waals surface area contributed by atoms with Crippen molar-refractivity contribution in [3.63, 3.8) is 0 Å². The van der Waals surface area contributed by atoms with Crippen molar-refractivity contribution >= 4 is 10.0 Å². The second-order valence-electron chi connectivity index (χ2n) is 4.03. The molecule has 0 unspecified atom stereocenters. The molecule has 0 aromatic carbocycles. The van der Waals surface area contributed by atoms with Crippen molar-refractivity contribution in [3.8, 4) is 0 Å². The zero-order valence-electron chi connectivity index (χ0n) is 8.67. The minimum Gasteiger partial charge on any atom is -1.00 e. The Hall–Kier alpha value is 0.350. The van der Waals surface area contributed by atoms with Crippen molar-refractivity contribution in [3.05, 3.63) is 0 Å². The van der Waals surface area contributed by atoms with Crippen LogP contribution < -0.4 is 21.7 Å². The maximum atomic E-state index is 10.6. The maximum Gasteiger partial charge on any atom is 0.208 e. The van der Waals surface area contributed by atoms with Crippen LogP contribution in [0.1, 0.15) is 13.8 Å². The molecule has 0 heterocycles. The Morgan fingerprint density at radius 3 is 1.93 bits per heavy atom. The van der Waals surface area contributed by atoms with Gasteiger partial charge in [0.05, 0.1) is 33.9 Å². The van der Waals surface area contributed by atoms with Crippen molar-refractivity contribution in [2.45, 2.75) is 13.8 Å². The van der Waals surface area contributed by atoms with E-state index >= 15 is 0 Å². The van der Waals surface area contributed by atoms with Gasteiger partial charge in [0.1, 0.15) is 0 Å². The smallest absolute Gasteiger partial charge is 0.208 e. The molecule has 6 heteroatoms. The van der Waals surface area contributed by atoms with Gasteiger partial charge in [0.2, 0.25) is 10.0 Å². The van der Waals surface area contributed by atoms with Gasteiger partial charge < -0.3 is 21.5 Å². The lowest BCUT2D eigenvalue weighted by Gasteiger charge is -2.23. The molecule has 4 nitrogen and oxygen atoms in total. The largest absolute Gasteiger partial charge is 1.00 e. The Kier molecular flexibility index (Phi) is 10.8. The van der Waals surface area contributed by atoms with E-state index in [1.807, 2.05) is 0 Å². The Labute approximate surface area is 99.1 Å². The lowest BCUT2D eigenvalue weighted by Crippen LogP contribution is -3.00. The maximum absolute atomic E-state index is 10.6. The summed E-state index contributed by atoms with van der Waals surface area (Å²) in [7, 11) is 3.25. The highest BCUT2D eigenvalue weighted by atomic mass is 79.9. The average molecular weight is 291 g/mol. The fraction of sp³-hybridized carbons (Fsp3) is 1.00. The lowest BCUT2D eigenvalue weighted by atomic mass is 10.4. The third-order valence-electron chi connectivity index (χ3n) is 1.37. The van der Waals surface area contributed by atoms with E-state index in [1.165, 1.54) is 6.26 Å². The van der Waals surface area contributed by atoms with Gasteiger partial charge in [-0.25, -0.2) is 13.1 Å². The Bertz CT molecular complexity index is 222. The number of hydrogen-bond donors (Lipinski definition) is 1. The summed E-state index contributed by atoms with van der Waals surface area (Å²) in [6.45, 7) is 1.51. The normalized spacial score (nSPS) is 11.4. The highest BCUT2D eigenvalue weighted by Crippen LogP contribution is 1.92. The Balaban J connectivity index is -0.000000605. The van der Waals surface area contributed by atoms with Crippen LogP contribution in [0.25, 0.3) is 0 Å². The van der Waals surface area contributed by atoms with Gasteiger partial charge in [-0.15, -0.1) is 0 Å². The first-order chi connectivity index (χ1) is 5.21. The summed E-state index contributed by atoms with van der Waals surface area (Å²) in [5, 5.41) is 0. The van der Waals surface area contributed by atoms with Gasteiger partial charge in [0.15, 0.2) is 0 Å². The summed E-state index contributed by atoms with van der Waals surface area (Å²) >= 11 is 0. The molecule has 0 atom stereocenters. The highest BCUT2D eigenvalue weighted by Gasteiger charge is 2.06. The lowest BCUT2D eigenvalue weighted by molar-refractivity contribution is -0.870.